The lowest BCUT2D eigenvalue weighted by Crippen LogP contribution is -2.37. The Kier molecular flexibility index (Phi) is 4.98. The largest absolute Gasteiger partial charge is 0.378 e. The molecule has 0 amide bonds. The van der Waals surface area contributed by atoms with E-state index in [9.17, 15) is 0 Å². The number of benzene rings is 1. The second-order valence-corrected chi connectivity index (χ2v) is 6.32. The van der Waals surface area contributed by atoms with Crippen LogP contribution in [-0.2, 0) is 11.3 Å². The van der Waals surface area contributed by atoms with Crippen molar-refractivity contribution < 1.29 is 9.26 Å². The first-order chi connectivity index (χ1) is 11.1. The topological polar surface area (TPSA) is 50.5 Å². The number of morpholine rings is 1. The minimum Gasteiger partial charge on any atom is -0.378 e. The van der Waals surface area contributed by atoms with E-state index in [2.05, 4.69) is 60.4 Å². The highest BCUT2D eigenvalue weighted by Gasteiger charge is 2.24. The normalized spacial score (nSPS) is 15.4. The molecule has 1 aromatic carbocycles. The highest BCUT2D eigenvalue weighted by Crippen LogP contribution is 2.32. The molecule has 1 aromatic heterocycles. The molecule has 23 heavy (non-hydrogen) atoms. The zero-order chi connectivity index (χ0) is 16.2. The third-order valence-electron chi connectivity index (χ3n) is 4.04. The first kappa shape index (κ1) is 16.0. The molecule has 0 radical (unpaired) electrons. The zero-order valence-electron chi connectivity index (χ0n) is 14.1. The molecule has 5 heteroatoms. The highest BCUT2D eigenvalue weighted by molar-refractivity contribution is 5.69. The molecule has 2 heterocycles. The smallest absolute Gasteiger partial charge is 0.232 e. The summed E-state index contributed by atoms with van der Waals surface area (Å²) in [6, 6.07) is 8.81. The summed E-state index contributed by atoms with van der Waals surface area (Å²) in [7, 11) is 0. The van der Waals surface area contributed by atoms with Crippen LogP contribution in [0.3, 0.4) is 0 Å². The minimum atomic E-state index is 0.410. The summed E-state index contributed by atoms with van der Waals surface area (Å²) >= 11 is 0. The second-order valence-electron chi connectivity index (χ2n) is 6.32. The van der Waals surface area contributed by atoms with E-state index in [1.807, 2.05) is 0 Å². The average Bonchev–Trinajstić information content (AvgIpc) is 2.97. The predicted molar refractivity (Wildman–Crippen MR) is 91.7 cm³/mol. The van der Waals surface area contributed by atoms with Gasteiger partial charge in [-0.2, -0.15) is 0 Å². The first-order valence-electron chi connectivity index (χ1n) is 8.27. The molecule has 0 saturated carbocycles. The molecule has 0 bridgehead atoms. The number of rotatable bonds is 5. The van der Waals surface area contributed by atoms with E-state index in [0.717, 1.165) is 55.6 Å². The number of ether oxygens (including phenoxy) is 1. The summed E-state index contributed by atoms with van der Waals surface area (Å²) in [6.45, 7) is 10.3. The third-order valence-corrected chi connectivity index (χ3v) is 4.04. The van der Waals surface area contributed by atoms with Gasteiger partial charge in [0, 0.05) is 31.2 Å². The lowest BCUT2D eigenvalue weighted by Gasteiger charge is -2.27. The van der Waals surface area contributed by atoms with E-state index in [-0.39, 0.29) is 0 Å². The van der Waals surface area contributed by atoms with Crippen LogP contribution < -0.4 is 10.2 Å². The van der Waals surface area contributed by atoms with E-state index < -0.39 is 0 Å². The Balaban J connectivity index is 1.96. The van der Waals surface area contributed by atoms with Gasteiger partial charge in [-0.3, -0.25) is 0 Å². The molecule has 3 rings (SSSR count). The summed E-state index contributed by atoms with van der Waals surface area (Å²) in [6.07, 6.45) is 0. The summed E-state index contributed by atoms with van der Waals surface area (Å²) in [4.78, 5) is 2.23. The van der Waals surface area contributed by atoms with Crippen LogP contribution in [0, 0.1) is 6.92 Å². The molecule has 1 aliphatic rings. The van der Waals surface area contributed by atoms with Gasteiger partial charge in [0.1, 0.15) is 5.69 Å². The van der Waals surface area contributed by atoms with Crippen molar-refractivity contribution in [2.75, 3.05) is 31.2 Å². The maximum atomic E-state index is 5.74. The Bertz CT molecular complexity index is 645. The van der Waals surface area contributed by atoms with E-state index in [4.69, 9.17) is 9.26 Å². The Morgan fingerprint density at radius 3 is 2.74 bits per heavy atom. The lowest BCUT2D eigenvalue weighted by molar-refractivity contribution is 0.120. The Labute approximate surface area is 137 Å². The van der Waals surface area contributed by atoms with Gasteiger partial charge in [0.2, 0.25) is 5.88 Å². The van der Waals surface area contributed by atoms with Crippen molar-refractivity contribution in [3.63, 3.8) is 0 Å². The van der Waals surface area contributed by atoms with Gasteiger partial charge < -0.3 is 19.5 Å². The van der Waals surface area contributed by atoms with Crippen molar-refractivity contribution >= 4 is 5.88 Å². The Hall–Kier alpha value is -1.85. The van der Waals surface area contributed by atoms with Crippen molar-refractivity contribution in [3.05, 3.63) is 35.4 Å². The number of hydrogen-bond acceptors (Lipinski definition) is 5. The maximum absolute atomic E-state index is 5.74. The van der Waals surface area contributed by atoms with Gasteiger partial charge in [0.15, 0.2) is 0 Å². The molecule has 0 unspecified atom stereocenters. The van der Waals surface area contributed by atoms with E-state index in [1.54, 1.807) is 0 Å². The molecule has 0 aliphatic carbocycles. The van der Waals surface area contributed by atoms with Crippen LogP contribution in [0.1, 0.15) is 25.0 Å². The standard InChI is InChI=1S/C18H25N3O2/c1-13(2)19-12-16-17(15-6-4-5-14(3)11-15)20-23-18(16)21-7-9-22-10-8-21/h4-6,11,13,19H,7-10,12H2,1-3H3. The quantitative estimate of drug-likeness (QED) is 0.919. The van der Waals surface area contributed by atoms with Crippen LogP contribution in [0.5, 0.6) is 0 Å². The van der Waals surface area contributed by atoms with Gasteiger partial charge in [-0.05, 0) is 13.0 Å². The van der Waals surface area contributed by atoms with Crippen molar-refractivity contribution in [2.45, 2.75) is 33.4 Å². The highest BCUT2D eigenvalue weighted by atomic mass is 16.5. The molecular formula is C18H25N3O2. The van der Waals surface area contributed by atoms with Gasteiger partial charge in [0.25, 0.3) is 0 Å². The zero-order valence-corrected chi connectivity index (χ0v) is 14.1. The van der Waals surface area contributed by atoms with Gasteiger partial charge in [0.05, 0.1) is 18.8 Å². The van der Waals surface area contributed by atoms with Crippen molar-refractivity contribution in [3.8, 4) is 11.3 Å². The summed E-state index contributed by atoms with van der Waals surface area (Å²) in [5.41, 5.74) is 4.39. The number of hydrogen-bond donors (Lipinski definition) is 1. The fraction of sp³-hybridized carbons (Fsp3) is 0.500. The van der Waals surface area contributed by atoms with Crippen molar-refractivity contribution in [1.29, 1.82) is 0 Å². The van der Waals surface area contributed by atoms with Crippen LogP contribution in [0.15, 0.2) is 28.8 Å². The lowest BCUT2D eigenvalue weighted by atomic mass is 10.0. The second kappa shape index (κ2) is 7.15. The number of aryl methyl sites for hydroxylation is 1. The third kappa shape index (κ3) is 3.74. The average molecular weight is 315 g/mol. The first-order valence-corrected chi connectivity index (χ1v) is 8.27. The van der Waals surface area contributed by atoms with Crippen LogP contribution in [0.2, 0.25) is 0 Å². The Morgan fingerprint density at radius 1 is 1.26 bits per heavy atom. The molecular weight excluding hydrogens is 290 g/mol. The number of nitrogens with zero attached hydrogens (tertiary/aromatic N) is 2. The van der Waals surface area contributed by atoms with Gasteiger partial charge in [-0.25, -0.2) is 0 Å². The fourth-order valence-electron chi connectivity index (χ4n) is 2.80. The Morgan fingerprint density at radius 2 is 2.04 bits per heavy atom. The monoisotopic (exact) mass is 315 g/mol. The van der Waals surface area contributed by atoms with Gasteiger partial charge >= 0.3 is 0 Å². The van der Waals surface area contributed by atoms with Crippen LogP contribution in [-0.4, -0.2) is 37.5 Å². The fourth-order valence-corrected chi connectivity index (χ4v) is 2.80. The van der Waals surface area contributed by atoms with Crippen LogP contribution in [0.4, 0.5) is 5.88 Å². The molecule has 1 fully saturated rings. The van der Waals surface area contributed by atoms with Crippen LogP contribution in [0.25, 0.3) is 11.3 Å². The molecule has 2 aromatic rings. The van der Waals surface area contributed by atoms with Crippen molar-refractivity contribution in [2.24, 2.45) is 0 Å². The molecule has 0 atom stereocenters. The van der Waals surface area contributed by atoms with Crippen LogP contribution >= 0.6 is 0 Å². The SMILES string of the molecule is Cc1cccc(-c2noc(N3CCOCC3)c2CNC(C)C)c1. The molecule has 5 nitrogen and oxygen atoms in total. The summed E-state index contributed by atoms with van der Waals surface area (Å²) in [5.74, 6) is 0.873. The molecule has 124 valence electrons. The van der Waals surface area contributed by atoms with Gasteiger partial charge in [-0.1, -0.05) is 42.8 Å². The number of anilines is 1. The maximum Gasteiger partial charge on any atom is 0.232 e. The molecule has 1 saturated heterocycles. The van der Waals surface area contributed by atoms with Crippen molar-refractivity contribution in [1.82, 2.24) is 10.5 Å². The molecule has 0 spiro atoms. The number of aromatic nitrogens is 1. The van der Waals surface area contributed by atoms with E-state index >= 15 is 0 Å². The number of nitrogens with one attached hydrogen (secondary N) is 1. The van der Waals surface area contributed by atoms with Gasteiger partial charge in [-0.15, -0.1) is 0 Å². The summed E-state index contributed by atoms with van der Waals surface area (Å²) < 4.78 is 11.2. The van der Waals surface area contributed by atoms with E-state index in [0.29, 0.717) is 6.04 Å². The predicted octanol–water partition coefficient (Wildman–Crippen LogP) is 2.98. The molecule has 1 aliphatic heterocycles. The van der Waals surface area contributed by atoms with E-state index in [1.165, 1.54) is 5.56 Å². The molecule has 1 N–H and O–H groups in total. The summed E-state index contributed by atoms with van der Waals surface area (Å²) in [5, 5.41) is 7.88. The minimum absolute atomic E-state index is 0.410.